The van der Waals surface area contributed by atoms with Crippen molar-refractivity contribution in [2.24, 2.45) is 0 Å². The Labute approximate surface area is 163 Å². The molecule has 2 N–H and O–H groups in total. The molecule has 1 heterocycles. The molecule has 1 aliphatic rings. The molecule has 0 atom stereocenters. The number of rotatable bonds is 6. The summed E-state index contributed by atoms with van der Waals surface area (Å²) in [5.74, 6) is 1.94. The van der Waals surface area contributed by atoms with Gasteiger partial charge >= 0.3 is 0 Å². The number of hydrogen-bond donors (Lipinski definition) is 2. The van der Waals surface area contributed by atoms with Gasteiger partial charge in [0.15, 0.2) is 18.1 Å². The van der Waals surface area contributed by atoms with Crippen LogP contribution in [0, 0.1) is 0 Å². The van der Waals surface area contributed by atoms with Crippen molar-refractivity contribution in [1.82, 2.24) is 0 Å². The molecule has 0 radical (unpaired) electrons. The van der Waals surface area contributed by atoms with Crippen LogP contribution in [0.4, 0.5) is 17.1 Å². The summed E-state index contributed by atoms with van der Waals surface area (Å²) in [6, 6.07) is 22.4. The molecule has 0 unspecified atom stereocenters. The second-order valence-corrected chi connectivity index (χ2v) is 6.21. The topological polar surface area (TPSA) is 68.8 Å². The van der Waals surface area contributed by atoms with E-state index < -0.39 is 0 Å². The van der Waals surface area contributed by atoms with Crippen molar-refractivity contribution in [2.75, 3.05) is 30.5 Å². The van der Waals surface area contributed by atoms with Crippen LogP contribution in [0.1, 0.15) is 0 Å². The van der Waals surface area contributed by atoms with Gasteiger partial charge < -0.3 is 24.8 Å². The largest absolute Gasteiger partial charge is 0.486 e. The molecule has 4 rings (SSSR count). The summed E-state index contributed by atoms with van der Waals surface area (Å²) in [5.41, 5.74) is 2.50. The first kappa shape index (κ1) is 17.7. The fourth-order valence-electron chi connectivity index (χ4n) is 2.79. The van der Waals surface area contributed by atoms with Crippen molar-refractivity contribution >= 4 is 23.0 Å². The van der Waals surface area contributed by atoms with Gasteiger partial charge in [-0.3, -0.25) is 4.79 Å². The molecule has 6 nitrogen and oxygen atoms in total. The van der Waals surface area contributed by atoms with E-state index in [9.17, 15) is 4.79 Å². The fourth-order valence-corrected chi connectivity index (χ4v) is 2.79. The number of carbonyl (C=O) groups is 1. The number of benzene rings is 3. The van der Waals surface area contributed by atoms with Gasteiger partial charge in [-0.15, -0.1) is 0 Å². The molecule has 3 aromatic rings. The van der Waals surface area contributed by atoms with Crippen LogP contribution in [0.2, 0.25) is 0 Å². The van der Waals surface area contributed by atoms with Gasteiger partial charge in [0.2, 0.25) is 0 Å². The fraction of sp³-hybridized carbons (Fsp3) is 0.136. The third kappa shape index (κ3) is 4.54. The second kappa shape index (κ2) is 8.35. The highest BCUT2D eigenvalue weighted by atomic mass is 16.6. The van der Waals surface area contributed by atoms with Crippen molar-refractivity contribution in [1.29, 1.82) is 0 Å². The van der Waals surface area contributed by atoms with E-state index in [2.05, 4.69) is 10.6 Å². The van der Waals surface area contributed by atoms with Crippen molar-refractivity contribution in [3.63, 3.8) is 0 Å². The number of amides is 1. The van der Waals surface area contributed by atoms with Gasteiger partial charge in [0, 0.05) is 23.1 Å². The van der Waals surface area contributed by atoms with E-state index in [4.69, 9.17) is 14.2 Å². The molecule has 142 valence electrons. The van der Waals surface area contributed by atoms with E-state index in [0.29, 0.717) is 24.7 Å². The van der Waals surface area contributed by atoms with Gasteiger partial charge in [-0.2, -0.15) is 0 Å². The minimum absolute atomic E-state index is 0.0405. The third-order valence-electron chi connectivity index (χ3n) is 4.11. The zero-order valence-corrected chi connectivity index (χ0v) is 15.2. The molecular formula is C22H20N2O4. The van der Waals surface area contributed by atoms with Gasteiger partial charge in [-0.1, -0.05) is 18.2 Å². The van der Waals surface area contributed by atoms with Crippen molar-refractivity contribution in [3.8, 4) is 17.2 Å². The number of fused-ring (bicyclic) bond motifs is 1. The summed E-state index contributed by atoms with van der Waals surface area (Å²) in [5, 5.41) is 6.12. The Morgan fingerprint density at radius 2 is 1.50 bits per heavy atom. The summed E-state index contributed by atoms with van der Waals surface area (Å²) < 4.78 is 16.6. The number of nitrogens with one attached hydrogen (secondary N) is 2. The Balaban J connectivity index is 1.31. The van der Waals surface area contributed by atoms with Crippen LogP contribution in [0.3, 0.4) is 0 Å². The van der Waals surface area contributed by atoms with E-state index in [1.807, 2.05) is 72.8 Å². The summed E-state index contributed by atoms with van der Waals surface area (Å²) in [4.78, 5) is 12.0. The van der Waals surface area contributed by atoms with Crippen molar-refractivity contribution in [3.05, 3.63) is 72.8 Å². The average Bonchev–Trinajstić information content (AvgIpc) is 2.74. The minimum Gasteiger partial charge on any atom is -0.486 e. The normalized spacial score (nSPS) is 12.1. The van der Waals surface area contributed by atoms with Gasteiger partial charge in [-0.25, -0.2) is 0 Å². The van der Waals surface area contributed by atoms with Crippen LogP contribution in [-0.4, -0.2) is 25.7 Å². The molecule has 0 spiro atoms. The molecule has 0 aromatic heterocycles. The van der Waals surface area contributed by atoms with Gasteiger partial charge in [0.25, 0.3) is 5.91 Å². The van der Waals surface area contributed by atoms with Crippen LogP contribution in [0.25, 0.3) is 0 Å². The van der Waals surface area contributed by atoms with E-state index >= 15 is 0 Å². The molecule has 6 heteroatoms. The lowest BCUT2D eigenvalue weighted by Gasteiger charge is -2.19. The minimum atomic E-state index is -0.212. The molecule has 0 aliphatic carbocycles. The number of ether oxygens (including phenoxy) is 3. The highest BCUT2D eigenvalue weighted by Gasteiger charge is 2.11. The quantitative estimate of drug-likeness (QED) is 0.674. The third-order valence-corrected chi connectivity index (χ3v) is 4.11. The molecular weight excluding hydrogens is 356 g/mol. The number of anilines is 3. The first-order valence-electron chi connectivity index (χ1n) is 9.01. The second-order valence-electron chi connectivity index (χ2n) is 6.21. The van der Waals surface area contributed by atoms with E-state index in [-0.39, 0.29) is 12.5 Å². The van der Waals surface area contributed by atoms with Crippen LogP contribution >= 0.6 is 0 Å². The maximum atomic E-state index is 12.0. The summed E-state index contributed by atoms with van der Waals surface area (Å²) in [6.45, 7) is 1.09. The Hall–Kier alpha value is -3.67. The monoisotopic (exact) mass is 376 g/mol. The molecule has 0 bridgehead atoms. The van der Waals surface area contributed by atoms with Crippen LogP contribution < -0.4 is 24.8 Å². The molecule has 0 fully saturated rings. The summed E-state index contributed by atoms with van der Waals surface area (Å²) in [6.07, 6.45) is 0. The van der Waals surface area contributed by atoms with Gasteiger partial charge in [0.1, 0.15) is 19.0 Å². The highest BCUT2D eigenvalue weighted by Crippen LogP contribution is 2.33. The summed E-state index contributed by atoms with van der Waals surface area (Å²) >= 11 is 0. The zero-order chi connectivity index (χ0) is 19.2. The van der Waals surface area contributed by atoms with Gasteiger partial charge in [-0.05, 0) is 48.5 Å². The van der Waals surface area contributed by atoms with Crippen molar-refractivity contribution in [2.45, 2.75) is 0 Å². The number of carbonyl (C=O) groups excluding carboxylic acids is 1. The van der Waals surface area contributed by atoms with Crippen molar-refractivity contribution < 1.29 is 19.0 Å². The van der Waals surface area contributed by atoms with Crippen LogP contribution in [0.15, 0.2) is 72.8 Å². The molecule has 1 amide bonds. The van der Waals surface area contributed by atoms with Crippen LogP contribution in [-0.2, 0) is 4.79 Å². The maximum absolute atomic E-state index is 12.0. The first-order chi connectivity index (χ1) is 13.8. The lowest BCUT2D eigenvalue weighted by Crippen LogP contribution is -2.20. The van der Waals surface area contributed by atoms with E-state index in [1.165, 1.54) is 0 Å². The molecule has 1 aliphatic heterocycles. The lowest BCUT2D eigenvalue weighted by atomic mass is 10.2. The smallest absolute Gasteiger partial charge is 0.262 e. The predicted octanol–water partition coefficient (Wildman–Crippen LogP) is 4.22. The average molecular weight is 376 g/mol. The Bertz CT molecular complexity index is 943. The SMILES string of the molecule is O=C(COc1ccccc1)Nc1ccc(Nc2ccc3c(c2)OCCO3)cc1. The Morgan fingerprint density at radius 1 is 0.821 bits per heavy atom. The number of hydrogen-bond acceptors (Lipinski definition) is 5. The zero-order valence-electron chi connectivity index (χ0n) is 15.2. The Kier molecular flexibility index (Phi) is 5.29. The predicted molar refractivity (Wildman–Crippen MR) is 108 cm³/mol. The molecule has 0 saturated carbocycles. The van der Waals surface area contributed by atoms with Crippen LogP contribution in [0.5, 0.6) is 17.2 Å². The highest BCUT2D eigenvalue weighted by molar-refractivity contribution is 5.92. The first-order valence-corrected chi connectivity index (χ1v) is 9.01. The van der Waals surface area contributed by atoms with E-state index in [1.54, 1.807) is 0 Å². The Morgan fingerprint density at radius 3 is 2.29 bits per heavy atom. The standard InChI is InChI=1S/C22H20N2O4/c25-22(15-28-19-4-2-1-3-5-19)24-17-8-6-16(7-9-17)23-18-10-11-20-21(14-18)27-13-12-26-20/h1-11,14,23H,12-13,15H2,(H,24,25). The maximum Gasteiger partial charge on any atom is 0.262 e. The molecule has 0 saturated heterocycles. The van der Waals surface area contributed by atoms with Gasteiger partial charge in [0.05, 0.1) is 0 Å². The van der Waals surface area contributed by atoms with E-state index in [0.717, 1.165) is 22.9 Å². The lowest BCUT2D eigenvalue weighted by molar-refractivity contribution is -0.118. The number of para-hydroxylation sites is 1. The molecule has 3 aromatic carbocycles. The molecule has 28 heavy (non-hydrogen) atoms. The summed E-state index contributed by atoms with van der Waals surface area (Å²) in [7, 11) is 0.